The topological polar surface area (TPSA) is 0 Å². The molecule has 7 aromatic carbocycles. The fourth-order valence-electron chi connectivity index (χ4n) is 6.63. The summed E-state index contributed by atoms with van der Waals surface area (Å²) in [6.45, 7) is 17.4. The van der Waals surface area contributed by atoms with Gasteiger partial charge in [0, 0.05) is 0 Å². The van der Waals surface area contributed by atoms with Gasteiger partial charge in [0.2, 0.25) is 0 Å². The van der Waals surface area contributed by atoms with Gasteiger partial charge in [-0.2, -0.15) is 0 Å². The van der Waals surface area contributed by atoms with Crippen LogP contribution in [0.2, 0.25) is 0 Å². The fraction of sp³-hybridized carbons (Fsp3) is 0.185. The van der Waals surface area contributed by atoms with Crippen molar-refractivity contribution in [1.29, 1.82) is 0 Å². The van der Waals surface area contributed by atoms with Crippen LogP contribution in [0.3, 0.4) is 0 Å². The van der Waals surface area contributed by atoms with Crippen LogP contribution in [-0.4, -0.2) is 0 Å². The number of rotatable bonds is 3. The van der Waals surface area contributed by atoms with Crippen LogP contribution in [0, 0.1) is 33.1 Å². The van der Waals surface area contributed by atoms with Gasteiger partial charge in [-0.25, -0.2) is 0 Å². The first-order valence-electron chi connectivity index (χ1n) is 19.2. The lowest BCUT2D eigenvalue weighted by Crippen LogP contribution is -2.10. The maximum atomic E-state index is 2.36. The quantitative estimate of drug-likeness (QED) is 0.172. The van der Waals surface area contributed by atoms with Gasteiger partial charge in [-0.1, -0.05) is 224 Å². The molecule has 54 heavy (non-hydrogen) atoms. The summed E-state index contributed by atoms with van der Waals surface area (Å²) in [6, 6.07) is 59.8. The standard InChI is InChI=1S/C17H14.C14H14.C13H12.C10H16/c1-13-9-11-15(12-10-13)17-8-4-6-14-5-2-3-7-16(14)17;1-11-6-5-8-13(10-11)14-9-4-3-7-12(14)2;1-11-7-9-13(10-8-11)12-5-3-2-4-6-12;1-8-5-6-10(3,4)7-9(8)2/h2-12H,1H3;3-10H,1-2H3;2-10H,1H3;5,7H,6H2,1-4H3. The molecule has 0 amide bonds. The van der Waals surface area contributed by atoms with E-state index in [1.165, 1.54) is 84.0 Å². The molecule has 8 rings (SSSR count). The Morgan fingerprint density at radius 1 is 0.389 bits per heavy atom. The molecule has 0 nitrogen and oxygen atoms in total. The van der Waals surface area contributed by atoms with Crippen molar-refractivity contribution < 1.29 is 0 Å². The number of hydrogen-bond donors (Lipinski definition) is 0. The molecule has 0 saturated heterocycles. The van der Waals surface area contributed by atoms with E-state index in [2.05, 4.69) is 231 Å². The summed E-state index contributed by atoms with van der Waals surface area (Å²) in [4.78, 5) is 0. The van der Waals surface area contributed by atoms with Gasteiger partial charge in [-0.05, 0) is 103 Å². The lowest BCUT2D eigenvalue weighted by molar-refractivity contribution is 0.478. The lowest BCUT2D eigenvalue weighted by Gasteiger charge is -2.24. The third kappa shape index (κ3) is 11.4. The van der Waals surface area contributed by atoms with Gasteiger partial charge in [-0.15, -0.1) is 0 Å². The summed E-state index contributed by atoms with van der Waals surface area (Å²) in [5.41, 5.74) is 16.3. The fourth-order valence-corrected chi connectivity index (χ4v) is 6.63. The van der Waals surface area contributed by atoms with Gasteiger partial charge >= 0.3 is 0 Å². The second-order valence-electron chi connectivity index (χ2n) is 15.2. The maximum absolute atomic E-state index is 2.36. The van der Waals surface area contributed by atoms with E-state index >= 15 is 0 Å². The van der Waals surface area contributed by atoms with Crippen LogP contribution in [0.5, 0.6) is 0 Å². The molecule has 0 saturated carbocycles. The average Bonchev–Trinajstić information content (AvgIpc) is 3.18. The van der Waals surface area contributed by atoms with Gasteiger partial charge in [0.25, 0.3) is 0 Å². The Morgan fingerprint density at radius 3 is 1.54 bits per heavy atom. The molecule has 1 aliphatic carbocycles. The lowest BCUT2D eigenvalue weighted by atomic mass is 9.81. The number of aryl methyl sites for hydroxylation is 4. The van der Waals surface area contributed by atoms with Gasteiger partial charge in [-0.3, -0.25) is 0 Å². The van der Waals surface area contributed by atoms with E-state index in [4.69, 9.17) is 0 Å². The van der Waals surface area contributed by atoms with Gasteiger partial charge in [0.05, 0.1) is 0 Å². The van der Waals surface area contributed by atoms with Crippen molar-refractivity contribution in [2.45, 2.75) is 61.8 Å². The molecule has 0 N–H and O–H groups in total. The van der Waals surface area contributed by atoms with Crippen molar-refractivity contribution in [3.63, 3.8) is 0 Å². The van der Waals surface area contributed by atoms with Crippen LogP contribution in [0.15, 0.2) is 193 Å². The molecule has 0 radical (unpaired) electrons. The Labute approximate surface area is 325 Å². The zero-order valence-electron chi connectivity index (χ0n) is 33.5. The first kappa shape index (κ1) is 39.5. The van der Waals surface area contributed by atoms with Crippen LogP contribution >= 0.6 is 0 Å². The highest BCUT2D eigenvalue weighted by atomic mass is 14.2. The molecule has 0 spiro atoms. The Bertz CT molecular complexity index is 2290. The summed E-state index contributed by atoms with van der Waals surface area (Å²) in [7, 11) is 0. The summed E-state index contributed by atoms with van der Waals surface area (Å²) >= 11 is 0. The van der Waals surface area contributed by atoms with E-state index in [1.807, 2.05) is 6.07 Å². The van der Waals surface area contributed by atoms with Crippen molar-refractivity contribution in [2.75, 3.05) is 0 Å². The molecular formula is C54H56. The van der Waals surface area contributed by atoms with Crippen LogP contribution in [0.1, 0.15) is 56.4 Å². The number of hydrogen-bond acceptors (Lipinski definition) is 0. The molecule has 0 aliphatic heterocycles. The minimum atomic E-state index is 0.392. The molecular weight excluding hydrogens is 649 g/mol. The third-order valence-corrected chi connectivity index (χ3v) is 9.95. The molecule has 0 fully saturated rings. The Hall–Kier alpha value is -5.72. The number of fused-ring (bicyclic) bond motifs is 1. The minimum Gasteiger partial charge on any atom is -0.0805 e. The molecule has 0 unspecified atom stereocenters. The van der Waals surface area contributed by atoms with Crippen molar-refractivity contribution in [3.05, 3.63) is 215 Å². The highest BCUT2D eigenvalue weighted by molar-refractivity contribution is 5.96. The van der Waals surface area contributed by atoms with E-state index in [-0.39, 0.29) is 0 Å². The van der Waals surface area contributed by atoms with Gasteiger partial charge in [0.1, 0.15) is 0 Å². The average molecular weight is 705 g/mol. The van der Waals surface area contributed by atoms with Crippen molar-refractivity contribution in [2.24, 2.45) is 5.41 Å². The molecule has 0 heteroatoms. The predicted octanol–water partition coefficient (Wildman–Crippen LogP) is 15.8. The highest BCUT2D eigenvalue weighted by Gasteiger charge is 2.17. The van der Waals surface area contributed by atoms with E-state index in [0.717, 1.165) is 0 Å². The second kappa shape index (κ2) is 18.9. The van der Waals surface area contributed by atoms with E-state index in [1.54, 1.807) is 0 Å². The normalized spacial score (nSPS) is 12.7. The van der Waals surface area contributed by atoms with Crippen LogP contribution in [-0.2, 0) is 0 Å². The zero-order valence-corrected chi connectivity index (χ0v) is 33.5. The summed E-state index contributed by atoms with van der Waals surface area (Å²) < 4.78 is 0. The number of allylic oxidation sites excluding steroid dienone is 4. The van der Waals surface area contributed by atoms with Crippen LogP contribution in [0.4, 0.5) is 0 Å². The SMILES string of the molecule is CC1=CCC(C)(C)C=C1C.Cc1ccc(-c2cccc3ccccc23)cc1.Cc1ccc(-c2ccccc2)cc1.Cc1cccc(-c2ccccc2C)c1. The molecule has 0 bridgehead atoms. The Morgan fingerprint density at radius 2 is 0.907 bits per heavy atom. The number of benzene rings is 7. The monoisotopic (exact) mass is 704 g/mol. The summed E-state index contributed by atoms with van der Waals surface area (Å²) in [5.74, 6) is 0. The molecule has 7 aromatic rings. The smallest absolute Gasteiger partial charge is 0.0105 e. The molecule has 272 valence electrons. The predicted molar refractivity (Wildman–Crippen MR) is 238 cm³/mol. The summed E-state index contributed by atoms with van der Waals surface area (Å²) in [5, 5.41) is 2.62. The minimum absolute atomic E-state index is 0.392. The molecule has 1 aliphatic rings. The molecule has 0 heterocycles. The van der Waals surface area contributed by atoms with Crippen molar-refractivity contribution >= 4 is 10.8 Å². The van der Waals surface area contributed by atoms with Gasteiger partial charge in [0.15, 0.2) is 0 Å². The first-order valence-corrected chi connectivity index (χ1v) is 19.2. The van der Waals surface area contributed by atoms with E-state index in [0.29, 0.717) is 5.41 Å². The Kier molecular flexibility index (Phi) is 13.8. The van der Waals surface area contributed by atoms with Crippen molar-refractivity contribution in [3.8, 4) is 33.4 Å². The third-order valence-electron chi connectivity index (χ3n) is 9.95. The maximum Gasteiger partial charge on any atom is -0.0105 e. The van der Waals surface area contributed by atoms with Gasteiger partial charge < -0.3 is 0 Å². The van der Waals surface area contributed by atoms with E-state index < -0.39 is 0 Å². The van der Waals surface area contributed by atoms with Crippen LogP contribution in [0.25, 0.3) is 44.2 Å². The molecule has 0 atom stereocenters. The first-order chi connectivity index (χ1) is 26.0. The van der Waals surface area contributed by atoms with Crippen LogP contribution < -0.4 is 0 Å². The molecule has 0 aromatic heterocycles. The summed E-state index contributed by atoms with van der Waals surface area (Å²) in [6.07, 6.45) is 5.88. The largest absolute Gasteiger partial charge is 0.0805 e. The Balaban J connectivity index is 0.000000141. The van der Waals surface area contributed by atoms with E-state index in [9.17, 15) is 0 Å². The van der Waals surface area contributed by atoms with Crippen molar-refractivity contribution in [1.82, 2.24) is 0 Å². The second-order valence-corrected chi connectivity index (χ2v) is 15.2. The zero-order chi connectivity index (χ0) is 38.5. The highest BCUT2D eigenvalue weighted by Crippen LogP contribution is 2.32.